The van der Waals surface area contributed by atoms with Crippen LogP contribution in [0.5, 0.6) is 5.75 Å². The molecule has 0 fully saturated rings. The molecule has 1 aromatic carbocycles. The van der Waals surface area contributed by atoms with Crippen LogP contribution in [-0.2, 0) is 5.54 Å². The number of nitrogens with zero attached hydrogens (tertiary/aromatic N) is 1. The van der Waals surface area contributed by atoms with Crippen molar-refractivity contribution in [3.05, 3.63) is 29.8 Å². The van der Waals surface area contributed by atoms with Gasteiger partial charge in [-0.15, -0.1) is 0 Å². The third-order valence-corrected chi connectivity index (χ3v) is 2.67. The third kappa shape index (κ3) is 2.30. The molecule has 2 rings (SSSR count). The first-order valence-corrected chi connectivity index (χ1v) is 5.14. The van der Waals surface area contributed by atoms with E-state index < -0.39 is 12.2 Å². The van der Waals surface area contributed by atoms with Crippen molar-refractivity contribution in [2.45, 2.75) is 19.1 Å². The Hall–Kier alpha value is -1.85. The molecule has 0 radical (unpaired) electrons. The molecule has 0 spiro atoms. The number of para-hydroxylation sites is 1. The molecule has 4 nitrogen and oxygen atoms in total. The van der Waals surface area contributed by atoms with Crippen LogP contribution in [0.3, 0.4) is 0 Å². The molecule has 0 bridgehead atoms. The van der Waals surface area contributed by atoms with Crippen LogP contribution in [0.2, 0.25) is 0 Å². The van der Waals surface area contributed by atoms with Gasteiger partial charge in [-0.3, -0.25) is 4.99 Å². The van der Waals surface area contributed by atoms with Crippen LogP contribution in [0, 0.1) is 0 Å². The molecule has 0 saturated heterocycles. The first-order chi connectivity index (χ1) is 8.01. The number of nitrogens with two attached hydrogens (primary N) is 1. The van der Waals surface area contributed by atoms with E-state index in [1.165, 1.54) is 6.07 Å². The summed E-state index contributed by atoms with van der Waals surface area (Å²) >= 11 is 0. The van der Waals surface area contributed by atoms with Gasteiger partial charge in [-0.1, -0.05) is 18.2 Å². The minimum Gasteiger partial charge on any atom is -0.434 e. The lowest BCUT2D eigenvalue weighted by Crippen LogP contribution is -2.43. The van der Waals surface area contributed by atoms with Gasteiger partial charge in [-0.2, -0.15) is 8.78 Å². The van der Waals surface area contributed by atoms with E-state index in [-0.39, 0.29) is 5.75 Å². The van der Waals surface area contributed by atoms with Crippen LogP contribution in [0.1, 0.15) is 12.5 Å². The Labute approximate surface area is 97.5 Å². The Bertz CT molecular complexity index is 450. The number of alkyl halides is 2. The van der Waals surface area contributed by atoms with Gasteiger partial charge in [-0.05, 0) is 13.0 Å². The number of aliphatic imine (C=N–C) groups is 1. The number of nitrogens with one attached hydrogen (secondary N) is 1. The van der Waals surface area contributed by atoms with E-state index >= 15 is 0 Å². The molecular formula is C11H13F2N3O. The molecule has 17 heavy (non-hydrogen) atoms. The van der Waals surface area contributed by atoms with E-state index in [0.29, 0.717) is 18.1 Å². The molecule has 1 aliphatic rings. The number of ether oxygens (including phenoxy) is 1. The Morgan fingerprint density at radius 1 is 1.47 bits per heavy atom. The van der Waals surface area contributed by atoms with Crippen molar-refractivity contribution in [2.24, 2.45) is 10.7 Å². The van der Waals surface area contributed by atoms with Gasteiger partial charge >= 0.3 is 6.61 Å². The highest BCUT2D eigenvalue weighted by molar-refractivity contribution is 5.81. The summed E-state index contributed by atoms with van der Waals surface area (Å²) in [4.78, 5) is 4.03. The van der Waals surface area contributed by atoms with Crippen molar-refractivity contribution in [3.8, 4) is 5.75 Å². The molecule has 6 heteroatoms. The molecule has 1 heterocycles. The average Bonchev–Trinajstić information content (AvgIpc) is 2.59. The topological polar surface area (TPSA) is 59.6 Å². The monoisotopic (exact) mass is 241 g/mol. The van der Waals surface area contributed by atoms with Crippen LogP contribution < -0.4 is 15.8 Å². The Kier molecular flexibility index (Phi) is 2.87. The standard InChI is InChI=1S/C11H13F2N3O/c1-11(6-15-10(14)16-11)7-4-2-3-5-8(7)17-9(12)13/h2-5,9H,6H2,1H3,(H3,14,15,16). The van der Waals surface area contributed by atoms with Crippen molar-refractivity contribution in [1.82, 2.24) is 5.32 Å². The third-order valence-electron chi connectivity index (χ3n) is 2.67. The minimum absolute atomic E-state index is 0.141. The lowest BCUT2D eigenvalue weighted by atomic mass is 9.92. The van der Waals surface area contributed by atoms with Gasteiger partial charge in [0.15, 0.2) is 5.96 Å². The molecule has 0 saturated carbocycles. The molecule has 1 atom stereocenters. The van der Waals surface area contributed by atoms with Crippen molar-refractivity contribution < 1.29 is 13.5 Å². The highest BCUT2D eigenvalue weighted by atomic mass is 19.3. The van der Waals surface area contributed by atoms with Crippen LogP contribution in [0.25, 0.3) is 0 Å². The average molecular weight is 241 g/mol. The summed E-state index contributed by atoms with van der Waals surface area (Å²) in [5.74, 6) is 0.446. The van der Waals surface area contributed by atoms with E-state index in [2.05, 4.69) is 15.0 Å². The Morgan fingerprint density at radius 3 is 2.76 bits per heavy atom. The van der Waals surface area contributed by atoms with Crippen LogP contribution in [-0.4, -0.2) is 19.1 Å². The number of hydrogen-bond acceptors (Lipinski definition) is 4. The highest BCUT2D eigenvalue weighted by Gasteiger charge is 2.34. The number of hydrogen-bond donors (Lipinski definition) is 2. The lowest BCUT2D eigenvalue weighted by Gasteiger charge is -2.26. The minimum atomic E-state index is -2.85. The maximum absolute atomic E-state index is 12.3. The fourth-order valence-electron chi connectivity index (χ4n) is 1.88. The van der Waals surface area contributed by atoms with Crippen LogP contribution >= 0.6 is 0 Å². The predicted octanol–water partition coefficient (Wildman–Crippen LogP) is 1.42. The van der Waals surface area contributed by atoms with Crippen molar-refractivity contribution >= 4 is 5.96 Å². The summed E-state index contributed by atoms with van der Waals surface area (Å²) in [6.45, 7) is -0.619. The van der Waals surface area contributed by atoms with Crippen molar-refractivity contribution in [2.75, 3.05) is 6.54 Å². The molecule has 1 unspecified atom stereocenters. The SMILES string of the molecule is CC1(c2ccccc2OC(F)F)CN=C(N)N1. The molecule has 0 aromatic heterocycles. The summed E-state index contributed by atoms with van der Waals surface area (Å²) in [7, 11) is 0. The number of benzene rings is 1. The largest absolute Gasteiger partial charge is 0.434 e. The summed E-state index contributed by atoms with van der Waals surface area (Å²) < 4.78 is 29.1. The summed E-state index contributed by atoms with van der Waals surface area (Å²) in [6, 6.07) is 6.63. The number of halogens is 2. The first-order valence-electron chi connectivity index (χ1n) is 5.14. The Morgan fingerprint density at radius 2 is 2.18 bits per heavy atom. The molecule has 1 aromatic rings. The quantitative estimate of drug-likeness (QED) is 0.841. The van der Waals surface area contributed by atoms with E-state index in [9.17, 15) is 8.78 Å². The van der Waals surface area contributed by atoms with E-state index in [4.69, 9.17) is 5.73 Å². The number of guanidine groups is 1. The zero-order valence-electron chi connectivity index (χ0n) is 9.28. The van der Waals surface area contributed by atoms with Crippen LogP contribution in [0.4, 0.5) is 8.78 Å². The molecule has 0 aliphatic carbocycles. The fraction of sp³-hybridized carbons (Fsp3) is 0.364. The van der Waals surface area contributed by atoms with Gasteiger partial charge in [0.2, 0.25) is 0 Å². The van der Waals surface area contributed by atoms with E-state index in [0.717, 1.165) is 0 Å². The second kappa shape index (κ2) is 4.20. The molecule has 92 valence electrons. The normalized spacial score (nSPS) is 23.4. The fourth-order valence-corrected chi connectivity index (χ4v) is 1.88. The summed E-state index contributed by atoms with van der Waals surface area (Å²) in [6.07, 6.45) is 0. The second-order valence-electron chi connectivity index (χ2n) is 4.03. The molecule has 0 amide bonds. The zero-order valence-corrected chi connectivity index (χ0v) is 9.28. The zero-order chi connectivity index (χ0) is 12.5. The van der Waals surface area contributed by atoms with E-state index in [1.807, 2.05) is 6.92 Å². The van der Waals surface area contributed by atoms with Gasteiger partial charge in [0.1, 0.15) is 5.75 Å². The van der Waals surface area contributed by atoms with Crippen molar-refractivity contribution in [3.63, 3.8) is 0 Å². The first kappa shape index (κ1) is 11.6. The van der Waals surface area contributed by atoms with E-state index in [1.54, 1.807) is 18.2 Å². The second-order valence-corrected chi connectivity index (χ2v) is 4.03. The van der Waals surface area contributed by atoms with Crippen molar-refractivity contribution in [1.29, 1.82) is 0 Å². The predicted molar refractivity (Wildman–Crippen MR) is 60.1 cm³/mol. The maximum atomic E-state index is 12.3. The smallest absolute Gasteiger partial charge is 0.387 e. The maximum Gasteiger partial charge on any atom is 0.387 e. The van der Waals surface area contributed by atoms with Gasteiger partial charge in [0.25, 0.3) is 0 Å². The Balaban J connectivity index is 2.32. The van der Waals surface area contributed by atoms with Gasteiger partial charge < -0.3 is 15.8 Å². The summed E-state index contributed by atoms with van der Waals surface area (Å²) in [5, 5.41) is 2.96. The summed E-state index contributed by atoms with van der Waals surface area (Å²) in [5.41, 5.74) is 5.56. The molecule has 3 N–H and O–H groups in total. The highest BCUT2D eigenvalue weighted by Crippen LogP contribution is 2.32. The van der Waals surface area contributed by atoms with Gasteiger partial charge in [0.05, 0.1) is 12.1 Å². The van der Waals surface area contributed by atoms with Crippen LogP contribution in [0.15, 0.2) is 29.3 Å². The molecule has 1 aliphatic heterocycles. The number of rotatable bonds is 3. The molecular weight excluding hydrogens is 228 g/mol. The van der Waals surface area contributed by atoms with Gasteiger partial charge in [0, 0.05) is 5.56 Å². The lowest BCUT2D eigenvalue weighted by molar-refractivity contribution is -0.0510. The van der Waals surface area contributed by atoms with Gasteiger partial charge in [-0.25, -0.2) is 0 Å².